The second-order valence-corrected chi connectivity index (χ2v) is 6.18. The Morgan fingerprint density at radius 3 is 2.79 bits per heavy atom. The summed E-state index contributed by atoms with van der Waals surface area (Å²) in [4.78, 5) is 14.2. The molecule has 1 heterocycles. The molecule has 1 unspecified atom stereocenters. The molecule has 0 saturated carbocycles. The number of carbonyl (C=O) groups excluding carboxylic acids is 1. The predicted octanol–water partition coefficient (Wildman–Crippen LogP) is 4.56. The van der Waals surface area contributed by atoms with Crippen LogP contribution in [0.1, 0.15) is 33.0 Å². The van der Waals surface area contributed by atoms with E-state index in [1.54, 1.807) is 0 Å². The van der Waals surface area contributed by atoms with Crippen LogP contribution in [0.2, 0.25) is 0 Å². The Kier molecular flexibility index (Phi) is 4.52. The van der Waals surface area contributed by atoms with Gasteiger partial charge in [-0.3, -0.25) is 4.79 Å². The van der Waals surface area contributed by atoms with Gasteiger partial charge in [-0.2, -0.15) is 5.26 Å². The smallest absolute Gasteiger partial charge is 0.194 e. The fraction of sp³-hybridized carbons (Fsp3) is 0.200. The molecule has 96 valence electrons. The van der Waals surface area contributed by atoms with Crippen molar-refractivity contribution in [1.29, 1.82) is 5.26 Å². The molecule has 0 N–H and O–H groups in total. The van der Waals surface area contributed by atoms with Crippen LogP contribution in [0.15, 0.2) is 40.9 Å². The third kappa shape index (κ3) is 3.12. The lowest BCUT2D eigenvalue weighted by Crippen LogP contribution is -2.09. The van der Waals surface area contributed by atoms with Crippen molar-refractivity contribution in [2.45, 2.75) is 19.3 Å². The zero-order valence-electron chi connectivity index (χ0n) is 10.4. The fourth-order valence-electron chi connectivity index (χ4n) is 1.81. The molecule has 2 aromatic rings. The van der Waals surface area contributed by atoms with Gasteiger partial charge in [0.15, 0.2) is 5.78 Å². The molecule has 0 saturated heterocycles. The summed E-state index contributed by atoms with van der Waals surface area (Å²) in [6.07, 6.45) is 0.909. The van der Waals surface area contributed by atoms with Gasteiger partial charge in [0.25, 0.3) is 0 Å². The Hall–Kier alpha value is -1.44. The summed E-state index contributed by atoms with van der Waals surface area (Å²) in [7, 11) is 0. The number of ketones is 1. The third-order valence-corrected chi connectivity index (χ3v) is 4.56. The quantitative estimate of drug-likeness (QED) is 0.769. The second-order valence-electron chi connectivity index (χ2n) is 4.10. The summed E-state index contributed by atoms with van der Waals surface area (Å²) in [6, 6.07) is 13.2. The normalized spacial score (nSPS) is 11.8. The van der Waals surface area contributed by atoms with Crippen LogP contribution in [0.3, 0.4) is 0 Å². The van der Waals surface area contributed by atoms with E-state index in [0.717, 1.165) is 21.3 Å². The summed E-state index contributed by atoms with van der Waals surface area (Å²) in [5.41, 5.74) is 0.730. The van der Waals surface area contributed by atoms with Gasteiger partial charge in [0.1, 0.15) is 5.92 Å². The number of nitriles is 1. The Bertz CT molecular complexity index is 642. The lowest BCUT2D eigenvalue weighted by Gasteiger charge is -2.07. The SMILES string of the molecule is CCc1ccc(C(=O)C(C#N)c2cccc(Br)c2)s1. The summed E-state index contributed by atoms with van der Waals surface area (Å²) in [5.74, 6) is -0.855. The van der Waals surface area contributed by atoms with Gasteiger partial charge < -0.3 is 0 Å². The Labute approximate surface area is 124 Å². The van der Waals surface area contributed by atoms with Gasteiger partial charge in [0, 0.05) is 9.35 Å². The van der Waals surface area contributed by atoms with Crippen molar-refractivity contribution >= 4 is 33.0 Å². The van der Waals surface area contributed by atoms with Gasteiger partial charge in [0.2, 0.25) is 0 Å². The van der Waals surface area contributed by atoms with Crippen molar-refractivity contribution in [2.24, 2.45) is 0 Å². The molecule has 0 spiro atoms. The number of benzene rings is 1. The van der Waals surface area contributed by atoms with E-state index in [-0.39, 0.29) is 5.78 Å². The minimum absolute atomic E-state index is 0.120. The van der Waals surface area contributed by atoms with Crippen LogP contribution in [-0.4, -0.2) is 5.78 Å². The van der Waals surface area contributed by atoms with Crippen LogP contribution < -0.4 is 0 Å². The third-order valence-electron chi connectivity index (χ3n) is 2.83. The highest BCUT2D eigenvalue weighted by Crippen LogP contribution is 2.27. The standard InChI is InChI=1S/C15H12BrNOS/c1-2-12-6-7-14(19-12)15(18)13(9-17)10-4-3-5-11(16)8-10/h3-8,13H,2H2,1H3. The average molecular weight is 334 g/mol. The fourth-order valence-corrected chi connectivity index (χ4v) is 3.15. The lowest BCUT2D eigenvalue weighted by atomic mass is 9.95. The Balaban J connectivity index is 2.32. The van der Waals surface area contributed by atoms with Gasteiger partial charge in [-0.1, -0.05) is 35.0 Å². The van der Waals surface area contributed by atoms with Crippen LogP contribution in [0.25, 0.3) is 0 Å². The van der Waals surface area contributed by atoms with E-state index in [4.69, 9.17) is 0 Å². The number of thiophene rings is 1. The average Bonchev–Trinajstić information content (AvgIpc) is 2.88. The van der Waals surface area contributed by atoms with E-state index in [1.165, 1.54) is 11.3 Å². The molecular formula is C15H12BrNOS. The highest BCUT2D eigenvalue weighted by molar-refractivity contribution is 9.10. The maximum absolute atomic E-state index is 12.4. The first-order valence-corrected chi connectivity index (χ1v) is 7.54. The van der Waals surface area contributed by atoms with E-state index >= 15 is 0 Å². The highest BCUT2D eigenvalue weighted by atomic mass is 79.9. The topological polar surface area (TPSA) is 40.9 Å². The molecule has 1 aromatic heterocycles. The maximum Gasteiger partial charge on any atom is 0.194 e. The zero-order valence-corrected chi connectivity index (χ0v) is 12.8. The molecule has 19 heavy (non-hydrogen) atoms. The molecule has 4 heteroatoms. The molecule has 0 amide bonds. The number of Topliss-reactive ketones (excluding diaryl/α,β-unsaturated/α-hetero) is 1. The number of aryl methyl sites for hydroxylation is 1. The molecule has 0 bridgehead atoms. The highest BCUT2D eigenvalue weighted by Gasteiger charge is 2.23. The van der Waals surface area contributed by atoms with Crippen LogP contribution >= 0.6 is 27.3 Å². The van der Waals surface area contributed by atoms with E-state index in [1.807, 2.05) is 36.4 Å². The van der Waals surface area contributed by atoms with E-state index < -0.39 is 5.92 Å². The Morgan fingerprint density at radius 2 is 2.21 bits per heavy atom. The molecule has 0 aliphatic carbocycles. The minimum Gasteiger partial charge on any atom is -0.291 e. The molecule has 2 rings (SSSR count). The summed E-state index contributed by atoms with van der Waals surface area (Å²) in [6.45, 7) is 2.05. The van der Waals surface area contributed by atoms with Crippen LogP contribution in [0.4, 0.5) is 0 Å². The predicted molar refractivity (Wildman–Crippen MR) is 80.5 cm³/mol. The van der Waals surface area contributed by atoms with Crippen molar-refractivity contribution < 1.29 is 4.79 Å². The van der Waals surface area contributed by atoms with Crippen LogP contribution in [0, 0.1) is 11.3 Å². The van der Waals surface area contributed by atoms with Crippen molar-refractivity contribution in [3.8, 4) is 6.07 Å². The number of halogens is 1. The number of hydrogen-bond acceptors (Lipinski definition) is 3. The summed E-state index contributed by atoms with van der Waals surface area (Å²) < 4.78 is 0.874. The van der Waals surface area contributed by atoms with Gasteiger partial charge in [-0.25, -0.2) is 0 Å². The molecular weight excluding hydrogens is 322 g/mol. The molecule has 0 aliphatic rings. The van der Waals surface area contributed by atoms with Gasteiger partial charge in [-0.05, 0) is 36.2 Å². The number of nitrogens with zero attached hydrogens (tertiary/aromatic N) is 1. The van der Waals surface area contributed by atoms with Crippen LogP contribution in [-0.2, 0) is 6.42 Å². The van der Waals surface area contributed by atoms with Gasteiger partial charge in [-0.15, -0.1) is 11.3 Å². The summed E-state index contributed by atoms with van der Waals surface area (Å²) >= 11 is 4.83. The molecule has 0 fully saturated rings. The second kappa shape index (κ2) is 6.14. The van der Waals surface area contributed by atoms with Crippen molar-refractivity contribution in [1.82, 2.24) is 0 Å². The zero-order chi connectivity index (χ0) is 13.8. The van der Waals surface area contributed by atoms with E-state index in [0.29, 0.717) is 4.88 Å². The van der Waals surface area contributed by atoms with Gasteiger partial charge in [0.05, 0.1) is 10.9 Å². The number of hydrogen-bond donors (Lipinski definition) is 0. The van der Waals surface area contributed by atoms with Gasteiger partial charge >= 0.3 is 0 Å². The molecule has 2 nitrogen and oxygen atoms in total. The molecule has 1 aromatic carbocycles. The van der Waals surface area contributed by atoms with Crippen molar-refractivity contribution in [3.05, 3.63) is 56.2 Å². The summed E-state index contributed by atoms with van der Waals surface area (Å²) in [5, 5.41) is 9.28. The minimum atomic E-state index is -0.735. The van der Waals surface area contributed by atoms with Crippen LogP contribution in [0.5, 0.6) is 0 Å². The maximum atomic E-state index is 12.4. The lowest BCUT2D eigenvalue weighted by molar-refractivity contribution is 0.0983. The number of rotatable bonds is 4. The van der Waals surface area contributed by atoms with E-state index in [9.17, 15) is 10.1 Å². The first-order valence-electron chi connectivity index (χ1n) is 5.93. The molecule has 0 aliphatic heterocycles. The van der Waals surface area contributed by atoms with E-state index in [2.05, 4.69) is 28.9 Å². The monoisotopic (exact) mass is 333 g/mol. The largest absolute Gasteiger partial charge is 0.291 e. The Morgan fingerprint density at radius 1 is 1.42 bits per heavy atom. The number of carbonyl (C=O) groups is 1. The molecule has 0 radical (unpaired) electrons. The molecule has 1 atom stereocenters. The first-order chi connectivity index (χ1) is 9.15. The first kappa shape index (κ1) is 14.0. The van der Waals surface area contributed by atoms with Crippen molar-refractivity contribution in [3.63, 3.8) is 0 Å². The van der Waals surface area contributed by atoms with Crippen molar-refractivity contribution in [2.75, 3.05) is 0 Å².